The Morgan fingerprint density at radius 2 is 2.46 bits per heavy atom. The van der Waals surface area contributed by atoms with Crippen molar-refractivity contribution in [3.63, 3.8) is 0 Å². The van der Waals surface area contributed by atoms with Crippen LogP contribution in [0.2, 0.25) is 0 Å². The van der Waals surface area contributed by atoms with Crippen molar-refractivity contribution in [3.8, 4) is 12.3 Å². The van der Waals surface area contributed by atoms with E-state index >= 15 is 0 Å². The molecule has 1 saturated heterocycles. The zero-order valence-corrected chi connectivity index (χ0v) is 8.71. The molecule has 0 radical (unpaired) electrons. The molecule has 1 aliphatic rings. The molecule has 2 unspecified atom stereocenters. The first-order valence-corrected chi connectivity index (χ1v) is 5.11. The van der Waals surface area contributed by atoms with Crippen LogP contribution >= 0.6 is 0 Å². The Labute approximate surface area is 81.7 Å². The van der Waals surface area contributed by atoms with E-state index in [1.807, 2.05) is 7.05 Å². The molecule has 0 aliphatic carbocycles. The Hall–Kier alpha value is -0.520. The van der Waals surface area contributed by atoms with Crippen molar-refractivity contribution in [2.45, 2.75) is 25.8 Å². The first-order chi connectivity index (χ1) is 6.27. The molecule has 13 heavy (non-hydrogen) atoms. The minimum absolute atomic E-state index is 0.612. The summed E-state index contributed by atoms with van der Waals surface area (Å²) < 4.78 is 0. The van der Waals surface area contributed by atoms with Gasteiger partial charge < -0.3 is 5.32 Å². The first kappa shape index (κ1) is 10.6. The van der Waals surface area contributed by atoms with Gasteiger partial charge in [-0.2, -0.15) is 0 Å². The summed E-state index contributed by atoms with van der Waals surface area (Å²) in [4.78, 5) is 2.38. The molecule has 2 atom stereocenters. The lowest BCUT2D eigenvalue weighted by Crippen LogP contribution is -2.43. The highest BCUT2D eigenvalue weighted by atomic mass is 15.1. The largest absolute Gasteiger partial charge is 0.317 e. The fourth-order valence-electron chi connectivity index (χ4n) is 2.01. The quantitative estimate of drug-likeness (QED) is 0.650. The third-order valence-corrected chi connectivity index (χ3v) is 3.02. The maximum atomic E-state index is 5.31. The van der Waals surface area contributed by atoms with Gasteiger partial charge >= 0.3 is 0 Å². The monoisotopic (exact) mass is 180 g/mol. The van der Waals surface area contributed by atoms with Gasteiger partial charge in [0.2, 0.25) is 0 Å². The van der Waals surface area contributed by atoms with Crippen LogP contribution in [0.5, 0.6) is 0 Å². The van der Waals surface area contributed by atoms with E-state index in [-0.39, 0.29) is 0 Å². The van der Waals surface area contributed by atoms with Crippen molar-refractivity contribution in [2.24, 2.45) is 5.92 Å². The van der Waals surface area contributed by atoms with E-state index in [0.717, 1.165) is 19.0 Å². The van der Waals surface area contributed by atoms with E-state index in [0.29, 0.717) is 6.04 Å². The minimum Gasteiger partial charge on any atom is -0.317 e. The molecule has 0 aromatic heterocycles. The summed E-state index contributed by atoms with van der Waals surface area (Å²) in [5.74, 6) is 3.49. The molecule has 1 aliphatic heterocycles. The molecule has 1 N–H and O–H groups in total. The molecule has 1 rings (SSSR count). The summed E-state index contributed by atoms with van der Waals surface area (Å²) in [7, 11) is 2.03. The van der Waals surface area contributed by atoms with Crippen molar-refractivity contribution in [2.75, 3.05) is 26.7 Å². The number of nitrogens with one attached hydrogen (secondary N) is 1. The van der Waals surface area contributed by atoms with Crippen molar-refractivity contribution in [1.29, 1.82) is 0 Å². The number of terminal acetylenes is 1. The molecule has 0 amide bonds. The SMILES string of the molecule is C#CCN1CCCC(C(C)NC)C1. The summed E-state index contributed by atoms with van der Waals surface area (Å²) in [5, 5.41) is 3.32. The van der Waals surface area contributed by atoms with E-state index in [1.165, 1.54) is 19.4 Å². The maximum Gasteiger partial charge on any atom is 0.0599 e. The van der Waals surface area contributed by atoms with E-state index in [1.54, 1.807) is 0 Å². The number of nitrogens with zero attached hydrogens (tertiary/aromatic N) is 1. The van der Waals surface area contributed by atoms with Gasteiger partial charge in [0.05, 0.1) is 6.54 Å². The fraction of sp³-hybridized carbons (Fsp3) is 0.818. The smallest absolute Gasteiger partial charge is 0.0599 e. The van der Waals surface area contributed by atoms with Crippen LogP contribution in [0.25, 0.3) is 0 Å². The Morgan fingerprint density at radius 1 is 1.69 bits per heavy atom. The molecule has 0 aromatic carbocycles. The van der Waals surface area contributed by atoms with Crippen LogP contribution < -0.4 is 5.32 Å². The van der Waals surface area contributed by atoms with Crippen LogP contribution in [-0.4, -0.2) is 37.6 Å². The van der Waals surface area contributed by atoms with Crippen molar-refractivity contribution in [1.82, 2.24) is 10.2 Å². The van der Waals surface area contributed by atoms with Crippen LogP contribution in [0.4, 0.5) is 0 Å². The van der Waals surface area contributed by atoms with Crippen LogP contribution in [-0.2, 0) is 0 Å². The zero-order chi connectivity index (χ0) is 9.68. The minimum atomic E-state index is 0.612. The van der Waals surface area contributed by atoms with Crippen molar-refractivity contribution >= 4 is 0 Å². The number of rotatable bonds is 3. The van der Waals surface area contributed by atoms with E-state index in [9.17, 15) is 0 Å². The van der Waals surface area contributed by atoms with Crippen molar-refractivity contribution in [3.05, 3.63) is 0 Å². The van der Waals surface area contributed by atoms with Gasteiger partial charge in [0.1, 0.15) is 0 Å². The van der Waals surface area contributed by atoms with Crippen LogP contribution in [0.15, 0.2) is 0 Å². The molecule has 2 heteroatoms. The molecule has 0 spiro atoms. The maximum absolute atomic E-state index is 5.31. The highest BCUT2D eigenvalue weighted by Crippen LogP contribution is 2.18. The molecule has 0 aromatic rings. The number of hydrogen-bond acceptors (Lipinski definition) is 2. The number of hydrogen-bond donors (Lipinski definition) is 1. The molecular formula is C11H20N2. The van der Waals surface area contributed by atoms with E-state index < -0.39 is 0 Å². The van der Waals surface area contributed by atoms with Gasteiger partial charge in [-0.15, -0.1) is 6.42 Å². The highest BCUT2D eigenvalue weighted by molar-refractivity contribution is 4.90. The van der Waals surface area contributed by atoms with Crippen molar-refractivity contribution < 1.29 is 0 Å². The second-order valence-corrected chi connectivity index (χ2v) is 3.92. The zero-order valence-electron chi connectivity index (χ0n) is 8.71. The topological polar surface area (TPSA) is 15.3 Å². The van der Waals surface area contributed by atoms with E-state index in [2.05, 4.69) is 23.1 Å². The van der Waals surface area contributed by atoms with E-state index in [4.69, 9.17) is 6.42 Å². The van der Waals surface area contributed by atoms with Gasteiger partial charge in [-0.1, -0.05) is 5.92 Å². The summed E-state index contributed by atoms with van der Waals surface area (Å²) in [6, 6.07) is 0.612. The average molecular weight is 180 g/mol. The second kappa shape index (κ2) is 5.26. The molecule has 2 nitrogen and oxygen atoms in total. The normalized spacial score (nSPS) is 26.7. The third-order valence-electron chi connectivity index (χ3n) is 3.02. The third kappa shape index (κ3) is 3.02. The van der Waals surface area contributed by atoms with Gasteiger partial charge in [0.15, 0.2) is 0 Å². The van der Waals surface area contributed by atoms with Gasteiger partial charge in [0, 0.05) is 12.6 Å². The number of likely N-dealkylation sites (tertiary alicyclic amines) is 1. The van der Waals surface area contributed by atoms with Crippen LogP contribution in [0.3, 0.4) is 0 Å². The lowest BCUT2D eigenvalue weighted by molar-refractivity contribution is 0.169. The lowest BCUT2D eigenvalue weighted by atomic mass is 9.92. The average Bonchev–Trinajstić information content (AvgIpc) is 2.18. The Morgan fingerprint density at radius 3 is 3.08 bits per heavy atom. The summed E-state index contributed by atoms with van der Waals surface area (Å²) >= 11 is 0. The molecule has 0 bridgehead atoms. The Kier molecular flexibility index (Phi) is 4.27. The summed E-state index contributed by atoms with van der Waals surface area (Å²) in [5.41, 5.74) is 0. The summed E-state index contributed by atoms with van der Waals surface area (Å²) in [6.45, 7) is 5.40. The first-order valence-electron chi connectivity index (χ1n) is 5.11. The molecule has 74 valence electrons. The van der Waals surface area contributed by atoms with Gasteiger partial charge in [-0.25, -0.2) is 0 Å². The van der Waals surface area contributed by atoms with Gasteiger partial charge in [-0.3, -0.25) is 4.90 Å². The molecule has 0 saturated carbocycles. The predicted octanol–water partition coefficient (Wildman–Crippen LogP) is 0.940. The lowest BCUT2D eigenvalue weighted by Gasteiger charge is -2.34. The molecule has 1 fully saturated rings. The molecular weight excluding hydrogens is 160 g/mol. The van der Waals surface area contributed by atoms with Crippen LogP contribution in [0.1, 0.15) is 19.8 Å². The fourth-order valence-corrected chi connectivity index (χ4v) is 2.01. The Bertz CT molecular complexity index is 183. The van der Waals surface area contributed by atoms with Gasteiger partial charge in [0.25, 0.3) is 0 Å². The van der Waals surface area contributed by atoms with Gasteiger partial charge in [-0.05, 0) is 39.3 Å². The van der Waals surface area contributed by atoms with Crippen LogP contribution in [0, 0.1) is 18.3 Å². The second-order valence-electron chi connectivity index (χ2n) is 3.92. The standard InChI is InChI=1S/C11H20N2/c1-4-7-13-8-5-6-11(9-13)10(2)12-3/h1,10-12H,5-9H2,2-3H3. The summed E-state index contributed by atoms with van der Waals surface area (Å²) in [6.07, 6.45) is 7.93. The molecule has 1 heterocycles. The number of piperidine rings is 1. The Balaban J connectivity index is 2.37. The predicted molar refractivity (Wildman–Crippen MR) is 56.5 cm³/mol. The highest BCUT2D eigenvalue weighted by Gasteiger charge is 2.22.